The maximum Gasteiger partial charge on any atom is 0.268 e. The molecule has 0 atom stereocenters. The SMILES string of the molecule is O=C1CC(C(=O)NC2(c3ccccc3F)CC2)=NN1. The van der Waals surface area contributed by atoms with E-state index in [1.54, 1.807) is 18.2 Å². The van der Waals surface area contributed by atoms with Gasteiger partial charge in [-0.15, -0.1) is 0 Å². The normalized spacial score (nSPS) is 19.6. The minimum absolute atomic E-state index is 0.0286. The molecule has 6 heteroatoms. The van der Waals surface area contributed by atoms with Crippen LogP contribution in [-0.2, 0) is 15.1 Å². The summed E-state index contributed by atoms with van der Waals surface area (Å²) in [5, 5.41) is 6.44. The largest absolute Gasteiger partial charge is 0.341 e. The molecular formula is C13H12FN3O2. The van der Waals surface area contributed by atoms with Crippen LogP contribution in [-0.4, -0.2) is 17.5 Å². The van der Waals surface area contributed by atoms with Gasteiger partial charge in [0.15, 0.2) is 0 Å². The Morgan fingerprint density at radius 3 is 2.68 bits per heavy atom. The Labute approximate surface area is 108 Å². The number of hydrazone groups is 1. The molecule has 0 radical (unpaired) electrons. The number of benzene rings is 1. The molecule has 1 aromatic carbocycles. The predicted molar refractivity (Wildman–Crippen MR) is 65.6 cm³/mol. The van der Waals surface area contributed by atoms with Gasteiger partial charge in [0.1, 0.15) is 11.5 Å². The first-order valence-electron chi connectivity index (χ1n) is 6.04. The molecule has 0 bridgehead atoms. The van der Waals surface area contributed by atoms with Crippen molar-refractivity contribution < 1.29 is 14.0 Å². The van der Waals surface area contributed by atoms with Crippen molar-refractivity contribution in [3.05, 3.63) is 35.6 Å². The van der Waals surface area contributed by atoms with E-state index < -0.39 is 11.4 Å². The van der Waals surface area contributed by atoms with Gasteiger partial charge in [0, 0.05) is 5.56 Å². The average Bonchev–Trinajstić information content (AvgIpc) is 3.02. The highest BCUT2D eigenvalue weighted by Crippen LogP contribution is 2.46. The van der Waals surface area contributed by atoms with Crippen molar-refractivity contribution in [2.75, 3.05) is 0 Å². The van der Waals surface area contributed by atoms with Crippen molar-refractivity contribution in [1.82, 2.24) is 10.7 Å². The van der Waals surface area contributed by atoms with E-state index in [9.17, 15) is 14.0 Å². The number of rotatable bonds is 3. The summed E-state index contributed by atoms with van der Waals surface area (Å²) >= 11 is 0. The van der Waals surface area contributed by atoms with E-state index >= 15 is 0 Å². The fraction of sp³-hybridized carbons (Fsp3) is 0.308. The van der Waals surface area contributed by atoms with Crippen LogP contribution in [0.4, 0.5) is 4.39 Å². The molecule has 1 heterocycles. The number of nitrogens with zero attached hydrogens (tertiary/aromatic N) is 1. The van der Waals surface area contributed by atoms with Crippen molar-refractivity contribution in [3.63, 3.8) is 0 Å². The molecule has 0 unspecified atom stereocenters. The zero-order valence-electron chi connectivity index (χ0n) is 10.1. The van der Waals surface area contributed by atoms with E-state index in [1.165, 1.54) is 6.07 Å². The zero-order valence-corrected chi connectivity index (χ0v) is 10.1. The number of halogens is 1. The third-order valence-electron chi connectivity index (χ3n) is 3.40. The van der Waals surface area contributed by atoms with Gasteiger partial charge in [-0.2, -0.15) is 5.10 Å². The molecule has 5 nitrogen and oxygen atoms in total. The fourth-order valence-electron chi connectivity index (χ4n) is 2.22. The number of hydrogen-bond donors (Lipinski definition) is 2. The summed E-state index contributed by atoms with van der Waals surface area (Å²) in [7, 11) is 0. The zero-order chi connectivity index (χ0) is 13.5. The van der Waals surface area contributed by atoms with E-state index in [1.807, 2.05) is 0 Å². The summed E-state index contributed by atoms with van der Waals surface area (Å²) < 4.78 is 13.8. The topological polar surface area (TPSA) is 70.6 Å². The number of carbonyl (C=O) groups is 2. The van der Waals surface area contributed by atoms with E-state index in [0.29, 0.717) is 18.4 Å². The third-order valence-corrected chi connectivity index (χ3v) is 3.40. The Bertz CT molecular complexity index is 593. The van der Waals surface area contributed by atoms with Gasteiger partial charge < -0.3 is 5.32 Å². The summed E-state index contributed by atoms with van der Waals surface area (Å²) in [5.41, 5.74) is 2.21. The van der Waals surface area contributed by atoms with Gasteiger partial charge in [0.2, 0.25) is 5.91 Å². The summed E-state index contributed by atoms with van der Waals surface area (Å²) in [6.45, 7) is 0. The standard InChI is InChI=1S/C13H12FN3O2/c14-9-4-2-1-3-8(9)13(5-6-13)15-12(19)10-7-11(18)17-16-10/h1-4H,5-7H2,(H,15,19)(H,17,18). The Kier molecular flexibility index (Phi) is 2.58. The third kappa shape index (κ3) is 2.09. The van der Waals surface area contributed by atoms with Crippen molar-refractivity contribution in [2.24, 2.45) is 5.10 Å². The maximum absolute atomic E-state index is 13.8. The molecule has 0 saturated heterocycles. The summed E-state index contributed by atoms with van der Waals surface area (Å²) in [5.74, 6) is -1.05. The molecule has 0 aromatic heterocycles. The molecule has 1 aliphatic carbocycles. The van der Waals surface area contributed by atoms with Gasteiger partial charge in [-0.05, 0) is 18.9 Å². The molecule has 2 N–H and O–H groups in total. The van der Waals surface area contributed by atoms with E-state index in [2.05, 4.69) is 15.8 Å². The smallest absolute Gasteiger partial charge is 0.268 e. The number of nitrogens with one attached hydrogen (secondary N) is 2. The van der Waals surface area contributed by atoms with Gasteiger partial charge in [0.05, 0.1) is 12.0 Å². The second kappa shape index (κ2) is 4.15. The van der Waals surface area contributed by atoms with Crippen LogP contribution >= 0.6 is 0 Å². The average molecular weight is 261 g/mol. The highest BCUT2D eigenvalue weighted by atomic mass is 19.1. The van der Waals surface area contributed by atoms with Gasteiger partial charge in [-0.3, -0.25) is 9.59 Å². The molecule has 19 heavy (non-hydrogen) atoms. The summed E-state index contributed by atoms with van der Waals surface area (Å²) in [6, 6.07) is 6.39. The monoisotopic (exact) mass is 261 g/mol. The maximum atomic E-state index is 13.8. The van der Waals surface area contributed by atoms with Crippen LogP contribution in [0.3, 0.4) is 0 Å². The molecule has 1 fully saturated rings. The van der Waals surface area contributed by atoms with Gasteiger partial charge >= 0.3 is 0 Å². The lowest BCUT2D eigenvalue weighted by atomic mass is 10.0. The molecule has 0 spiro atoms. The highest BCUT2D eigenvalue weighted by Gasteiger charge is 2.48. The Morgan fingerprint density at radius 2 is 2.11 bits per heavy atom. The Hall–Kier alpha value is -2.24. The van der Waals surface area contributed by atoms with Crippen LogP contribution in [0.25, 0.3) is 0 Å². The van der Waals surface area contributed by atoms with Crippen LogP contribution < -0.4 is 10.7 Å². The van der Waals surface area contributed by atoms with Gasteiger partial charge in [-0.25, -0.2) is 9.82 Å². The molecule has 2 aliphatic rings. The molecule has 1 aliphatic heterocycles. The molecule has 1 aromatic rings. The highest BCUT2D eigenvalue weighted by molar-refractivity contribution is 6.43. The second-order valence-corrected chi connectivity index (χ2v) is 4.79. The first kappa shape index (κ1) is 11.8. The summed E-state index contributed by atoms with van der Waals surface area (Å²) in [6.07, 6.45) is 1.35. The Balaban J connectivity index is 1.78. The first-order chi connectivity index (χ1) is 9.11. The van der Waals surface area contributed by atoms with Crippen molar-refractivity contribution >= 4 is 17.5 Å². The van der Waals surface area contributed by atoms with Crippen LogP contribution in [0.15, 0.2) is 29.4 Å². The Morgan fingerprint density at radius 1 is 1.37 bits per heavy atom. The van der Waals surface area contributed by atoms with Crippen molar-refractivity contribution in [2.45, 2.75) is 24.8 Å². The van der Waals surface area contributed by atoms with E-state index in [4.69, 9.17) is 0 Å². The van der Waals surface area contributed by atoms with Crippen molar-refractivity contribution in [1.29, 1.82) is 0 Å². The van der Waals surface area contributed by atoms with Crippen LogP contribution in [0.1, 0.15) is 24.8 Å². The molecule has 1 saturated carbocycles. The van der Waals surface area contributed by atoms with Crippen molar-refractivity contribution in [3.8, 4) is 0 Å². The molecule has 2 amide bonds. The minimum atomic E-state index is -0.642. The molecule has 3 rings (SSSR count). The number of amides is 2. The fourth-order valence-corrected chi connectivity index (χ4v) is 2.22. The van der Waals surface area contributed by atoms with Crippen LogP contribution in [0.2, 0.25) is 0 Å². The number of hydrogen-bond acceptors (Lipinski definition) is 3. The van der Waals surface area contributed by atoms with E-state index in [-0.39, 0.29) is 23.9 Å². The van der Waals surface area contributed by atoms with Gasteiger partial charge in [0.25, 0.3) is 5.91 Å². The first-order valence-corrected chi connectivity index (χ1v) is 6.04. The lowest BCUT2D eigenvalue weighted by Crippen LogP contribution is -2.39. The summed E-state index contributed by atoms with van der Waals surface area (Å²) in [4.78, 5) is 23.0. The lowest BCUT2D eigenvalue weighted by molar-refractivity contribution is -0.120. The lowest BCUT2D eigenvalue weighted by Gasteiger charge is -2.18. The molecular weight excluding hydrogens is 249 g/mol. The predicted octanol–water partition coefficient (Wildman–Crippen LogP) is 0.807. The van der Waals surface area contributed by atoms with Crippen LogP contribution in [0, 0.1) is 5.82 Å². The quantitative estimate of drug-likeness (QED) is 0.845. The van der Waals surface area contributed by atoms with E-state index in [0.717, 1.165) is 0 Å². The van der Waals surface area contributed by atoms with Crippen LogP contribution in [0.5, 0.6) is 0 Å². The molecule has 98 valence electrons. The number of carbonyl (C=O) groups excluding carboxylic acids is 2. The minimum Gasteiger partial charge on any atom is -0.341 e. The second-order valence-electron chi connectivity index (χ2n) is 4.79. The van der Waals surface area contributed by atoms with Gasteiger partial charge in [-0.1, -0.05) is 18.2 Å².